The predicted molar refractivity (Wildman–Crippen MR) is 61.8 cm³/mol. The summed E-state index contributed by atoms with van der Waals surface area (Å²) in [4.78, 5) is 0. The van der Waals surface area contributed by atoms with Gasteiger partial charge in [0.25, 0.3) is 0 Å². The molecule has 0 fully saturated rings. The van der Waals surface area contributed by atoms with E-state index in [0.29, 0.717) is 5.92 Å². The Morgan fingerprint density at radius 2 is 2.00 bits per heavy atom. The Bertz CT molecular complexity index is 194. The third kappa shape index (κ3) is 6.39. The number of allylic oxidation sites excluding steroid dienone is 6. The van der Waals surface area contributed by atoms with Crippen molar-refractivity contribution in [1.82, 2.24) is 0 Å². The van der Waals surface area contributed by atoms with Crippen molar-refractivity contribution in [3.8, 4) is 0 Å². The monoisotopic (exact) mass is 178 g/mol. The zero-order valence-corrected chi connectivity index (χ0v) is 9.38. The number of hydrogen-bond acceptors (Lipinski definition) is 0. The minimum atomic E-state index is 0.583. The minimum Gasteiger partial charge on any atom is -0.0911 e. The summed E-state index contributed by atoms with van der Waals surface area (Å²) in [6, 6.07) is 0. The average molecular weight is 178 g/mol. The zero-order valence-electron chi connectivity index (χ0n) is 9.38. The number of rotatable bonds is 5. The van der Waals surface area contributed by atoms with Gasteiger partial charge in [-0.2, -0.15) is 0 Å². The van der Waals surface area contributed by atoms with E-state index in [1.807, 2.05) is 0 Å². The third-order valence-corrected chi connectivity index (χ3v) is 2.18. The molecule has 13 heavy (non-hydrogen) atoms. The van der Waals surface area contributed by atoms with Crippen LogP contribution in [0.1, 0.15) is 40.5 Å². The maximum atomic E-state index is 2.30. The van der Waals surface area contributed by atoms with Crippen molar-refractivity contribution in [2.24, 2.45) is 5.92 Å². The molecule has 0 amide bonds. The first-order chi connectivity index (χ1) is 6.22. The van der Waals surface area contributed by atoms with Crippen molar-refractivity contribution in [1.29, 1.82) is 0 Å². The standard InChI is InChI=1S/C13H22/c1-5-7-8-9-11-13(4)12(3)10-6-2/h6-8,10-12H,5,9H2,1-4H3. The second kappa shape index (κ2) is 7.85. The fraction of sp³-hybridized carbons (Fsp3) is 0.538. The van der Waals surface area contributed by atoms with Gasteiger partial charge in [-0.25, -0.2) is 0 Å². The van der Waals surface area contributed by atoms with E-state index in [-0.39, 0.29) is 0 Å². The van der Waals surface area contributed by atoms with Crippen molar-refractivity contribution < 1.29 is 0 Å². The molecule has 0 bridgehead atoms. The van der Waals surface area contributed by atoms with Gasteiger partial charge in [0.2, 0.25) is 0 Å². The second-order valence-corrected chi connectivity index (χ2v) is 3.38. The quantitative estimate of drug-likeness (QED) is 0.544. The molecule has 0 aromatic carbocycles. The lowest BCUT2D eigenvalue weighted by Crippen LogP contribution is -1.90. The molecule has 0 nitrogen and oxygen atoms in total. The van der Waals surface area contributed by atoms with E-state index >= 15 is 0 Å². The molecule has 0 spiro atoms. The van der Waals surface area contributed by atoms with Gasteiger partial charge < -0.3 is 0 Å². The Kier molecular flexibility index (Phi) is 7.38. The summed E-state index contributed by atoms with van der Waals surface area (Å²) in [6.45, 7) is 8.66. The highest BCUT2D eigenvalue weighted by atomic mass is 14.0. The Hall–Kier alpha value is -0.780. The van der Waals surface area contributed by atoms with Crippen molar-refractivity contribution in [2.45, 2.75) is 40.5 Å². The fourth-order valence-corrected chi connectivity index (χ4v) is 1.14. The summed E-state index contributed by atoms with van der Waals surface area (Å²) in [5, 5.41) is 0. The van der Waals surface area contributed by atoms with E-state index in [1.165, 1.54) is 5.57 Å². The van der Waals surface area contributed by atoms with E-state index < -0.39 is 0 Å². The molecule has 0 aromatic heterocycles. The molecule has 0 aromatic rings. The van der Waals surface area contributed by atoms with E-state index in [4.69, 9.17) is 0 Å². The minimum absolute atomic E-state index is 0.583. The van der Waals surface area contributed by atoms with Crippen LogP contribution in [0.5, 0.6) is 0 Å². The molecule has 0 radical (unpaired) electrons. The molecule has 74 valence electrons. The molecule has 0 rings (SSSR count). The first-order valence-electron chi connectivity index (χ1n) is 5.16. The lowest BCUT2D eigenvalue weighted by molar-refractivity contribution is 0.854. The average Bonchev–Trinajstić information content (AvgIpc) is 2.12. The molecule has 0 N–H and O–H groups in total. The SMILES string of the molecule is CC=CC(C)C(C)=CCC=CCC. The molecule has 1 unspecified atom stereocenters. The lowest BCUT2D eigenvalue weighted by atomic mass is 10.0. The van der Waals surface area contributed by atoms with Crippen LogP contribution in [0.3, 0.4) is 0 Å². The van der Waals surface area contributed by atoms with Gasteiger partial charge in [0.15, 0.2) is 0 Å². The van der Waals surface area contributed by atoms with Gasteiger partial charge >= 0.3 is 0 Å². The molecule has 0 saturated heterocycles. The molecular formula is C13H22. The molecule has 0 aliphatic heterocycles. The summed E-state index contributed by atoms with van der Waals surface area (Å²) < 4.78 is 0. The van der Waals surface area contributed by atoms with E-state index in [9.17, 15) is 0 Å². The highest BCUT2D eigenvalue weighted by Crippen LogP contribution is 2.11. The second-order valence-electron chi connectivity index (χ2n) is 3.38. The topological polar surface area (TPSA) is 0 Å². The summed E-state index contributed by atoms with van der Waals surface area (Å²) in [5.74, 6) is 0.583. The molecular weight excluding hydrogens is 156 g/mol. The maximum Gasteiger partial charge on any atom is -0.00544 e. The maximum absolute atomic E-state index is 2.30. The third-order valence-electron chi connectivity index (χ3n) is 2.18. The van der Waals surface area contributed by atoms with E-state index in [1.54, 1.807) is 0 Å². The van der Waals surface area contributed by atoms with Crippen LogP contribution >= 0.6 is 0 Å². The van der Waals surface area contributed by atoms with Crippen LogP contribution in [0.15, 0.2) is 36.0 Å². The Morgan fingerprint density at radius 3 is 2.54 bits per heavy atom. The van der Waals surface area contributed by atoms with Crippen molar-refractivity contribution in [3.63, 3.8) is 0 Å². The number of hydrogen-bond donors (Lipinski definition) is 0. The van der Waals surface area contributed by atoms with Gasteiger partial charge in [0.1, 0.15) is 0 Å². The van der Waals surface area contributed by atoms with Crippen LogP contribution in [0.4, 0.5) is 0 Å². The lowest BCUT2D eigenvalue weighted by Gasteiger charge is -2.05. The summed E-state index contributed by atoms with van der Waals surface area (Å²) in [5.41, 5.74) is 1.46. The highest BCUT2D eigenvalue weighted by molar-refractivity contribution is 5.10. The summed E-state index contributed by atoms with van der Waals surface area (Å²) in [7, 11) is 0. The Labute approximate surface area is 83.0 Å². The van der Waals surface area contributed by atoms with E-state index in [0.717, 1.165) is 12.8 Å². The van der Waals surface area contributed by atoms with Crippen LogP contribution < -0.4 is 0 Å². The Morgan fingerprint density at radius 1 is 1.31 bits per heavy atom. The van der Waals surface area contributed by atoms with Gasteiger partial charge in [-0.1, -0.05) is 49.8 Å². The van der Waals surface area contributed by atoms with Gasteiger partial charge in [-0.15, -0.1) is 0 Å². The smallest absolute Gasteiger partial charge is 0.00544 e. The molecule has 0 heteroatoms. The highest BCUT2D eigenvalue weighted by Gasteiger charge is 1.96. The zero-order chi connectivity index (χ0) is 10.1. The molecule has 0 heterocycles. The van der Waals surface area contributed by atoms with Crippen LogP contribution in [0.2, 0.25) is 0 Å². The van der Waals surface area contributed by atoms with Crippen molar-refractivity contribution in [2.75, 3.05) is 0 Å². The largest absolute Gasteiger partial charge is 0.0911 e. The first kappa shape index (κ1) is 12.2. The molecule has 0 aliphatic rings. The van der Waals surface area contributed by atoms with Gasteiger partial charge in [-0.05, 0) is 32.6 Å². The van der Waals surface area contributed by atoms with E-state index in [2.05, 4.69) is 58.1 Å². The van der Waals surface area contributed by atoms with Gasteiger partial charge in [0.05, 0.1) is 0 Å². The molecule has 0 aliphatic carbocycles. The van der Waals surface area contributed by atoms with Crippen molar-refractivity contribution in [3.05, 3.63) is 36.0 Å². The predicted octanol–water partition coefficient (Wildman–Crippen LogP) is 4.50. The summed E-state index contributed by atoms with van der Waals surface area (Å²) in [6.07, 6.45) is 13.3. The van der Waals surface area contributed by atoms with Crippen LogP contribution in [-0.2, 0) is 0 Å². The molecule has 0 saturated carbocycles. The normalized spacial score (nSPS) is 15.8. The van der Waals surface area contributed by atoms with Gasteiger partial charge in [0, 0.05) is 0 Å². The van der Waals surface area contributed by atoms with Crippen molar-refractivity contribution >= 4 is 0 Å². The van der Waals surface area contributed by atoms with Crippen LogP contribution in [-0.4, -0.2) is 0 Å². The fourth-order valence-electron chi connectivity index (χ4n) is 1.14. The molecule has 1 atom stereocenters. The van der Waals surface area contributed by atoms with Gasteiger partial charge in [-0.3, -0.25) is 0 Å². The van der Waals surface area contributed by atoms with Crippen LogP contribution in [0.25, 0.3) is 0 Å². The Balaban J connectivity index is 3.93. The summed E-state index contributed by atoms with van der Waals surface area (Å²) >= 11 is 0. The first-order valence-corrected chi connectivity index (χ1v) is 5.16. The van der Waals surface area contributed by atoms with Crippen LogP contribution in [0, 0.1) is 5.92 Å².